The Morgan fingerprint density at radius 2 is 1.76 bits per heavy atom. The van der Waals surface area contributed by atoms with Gasteiger partial charge in [-0.2, -0.15) is 0 Å². The second-order valence-corrected chi connectivity index (χ2v) is 11.3. The average molecular weight is 541 g/mol. The molecule has 0 amide bonds. The first kappa shape index (κ1) is 27.9. The van der Waals surface area contributed by atoms with Gasteiger partial charge in [-0.3, -0.25) is 0 Å². The summed E-state index contributed by atoms with van der Waals surface area (Å²) in [5, 5.41) is 16.6. The van der Waals surface area contributed by atoms with Gasteiger partial charge in [-0.15, -0.1) is 22.7 Å². The summed E-state index contributed by atoms with van der Waals surface area (Å²) in [5.74, 6) is 0.554. The van der Waals surface area contributed by atoms with Crippen LogP contribution >= 0.6 is 22.7 Å². The second-order valence-electron chi connectivity index (χ2n) is 9.42. The minimum absolute atomic E-state index is 0. The molecule has 0 N–H and O–H groups in total. The number of carboxylic acid groups (broad SMARTS) is 1. The molecular formula is C29H29N2NaO3S2. The summed E-state index contributed by atoms with van der Waals surface area (Å²) in [5.41, 5.74) is 2.86. The Morgan fingerprint density at radius 1 is 1.00 bits per heavy atom. The third kappa shape index (κ3) is 7.24. The van der Waals surface area contributed by atoms with Crippen LogP contribution in [-0.2, 0) is 13.1 Å². The van der Waals surface area contributed by atoms with Crippen molar-refractivity contribution in [1.29, 1.82) is 0 Å². The fourth-order valence-corrected chi connectivity index (χ4v) is 6.19. The van der Waals surface area contributed by atoms with Crippen LogP contribution in [0.25, 0.3) is 11.3 Å². The van der Waals surface area contributed by atoms with Crippen molar-refractivity contribution < 1.29 is 44.2 Å². The molecule has 0 aliphatic heterocycles. The summed E-state index contributed by atoms with van der Waals surface area (Å²) in [7, 11) is 0. The van der Waals surface area contributed by atoms with Crippen LogP contribution in [0.3, 0.4) is 0 Å². The van der Waals surface area contributed by atoms with Gasteiger partial charge in [0.2, 0.25) is 0 Å². The Labute approximate surface area is 248 Å². The molecule has 8 heteroatoms. The number of hydrogen-bond donors (Lipinski definition) is 0. The van der Waals surface area contributed by atoms with E-state index in [9.17, 15) is 9.90 Å². The van der Waals surface area contributed by atoms with Crippen molar-refractivity contribution in [3.8, 4) is 17.0 Å². The van der Waals surface area contributed by atoms with E-state index in [0.29, 0.717) is 24.8 Å². The maximum absolute atomic E-state index is 11.7. The minimum Gasteiger partial charge on any atom is -0.545 e. The summed E-state index contributed by atoms with van der Waals surface area (Å²) in [6.07, 6.45) is 5.03. The van der Waals surface area contributed by atoms with Gasteiger partial charge in [0.25, 0.3) is 0 Å². The third-order valence-electron chi connectivity index (χ3n) is 6.70. The summed E-state index contributed by atoms with van der Waals surface area (Å²) in [4.78, 5) is 19.9. The van der Waals surface area contributed by atoms with E-state index in [2.05, 4.69) is 35.4 Å². The Hall–Kier alpha value is -2.16. The first-order valence-corrected chi connectivity index (χ1v) is 14.1. The summed E-state index contributed by atoms with van der Waals surface area (Å²) in [6.45, 7) is 3.40. The molecule has 5 nitrogen and oxygen atoms in total. The number of carbonyl (C=O) groups excluding carboxylic acids is 1. The molecule has 0 unspecified atom stereocenters. The van der Waals surface area contributed by atoms with Crippen LogP contribution in [0.5, 0.6) is 5.75 Å². The molecule has 1 aliphatic rings. The molecule has 2 aromatic carbocycles. The molecule has 37 heavy (non-hydrogen) atoms. The average Bonchev–Trinajstić information content (AvgIpc) is 3.58. The molecule has 0 bridgehead atoms. The minimum atomic E-state index is -1.16. The van der Waals surface area contributed by atoms with Crippen molar-refractivity contribution in [3.63, 3.8) is 0 Å². The molecule has 0 spiro atoms. The van der Waals surface area contributed by atoms with Crippen LogP contribution in [0, 0.1) is 5.92 Å². The van der Waals surface area contributed by atoms with E-state index in [4.69, 9.17) is 9.72 Å². The number of rotatable bonds is 9. The molecule has 0 radical (unpaired) electrons. The van der Waals surface area contributed by atoms with Crippen LogP contribution in [0.2, 0.25) is 0 Å². The molecule has 0 atom stereocenters. The molecule has 2 heterocycles. The number of ether oxygens (including phenoxy) is 1. The van der Waals surface area contributed by atoms with Crippen molar-refractivity contribution >= 4 is 33.8 Å². The van der Waals surface area contributed by atoms with Gasteiger partial charge in [0, 0.05) is 27.9 Å². The van der Waals surface area contributed by atoms with Gasteiger partial charge < -0.3 is 19.5 Å². The zero-order chi connectivity index (χ0) is 24.9. The molecule has 1 saturated carbocycles. The Kier molecular flexibility index (Phi) is 9.84. The quantitative estimate of drug-likeness (QED) is 0.305. The van der Waals surface area contributed by atoms with Crippen molar-refractivity contribution in [2.24, 2.45) is 5.92 Å². The Bertz CT molecular complexity index is 1280. The fraction of sp³-hybridized carbons (Fsp3) is 0.310. The largest absolute Gasteiger partial charge is 1.00 e. The van der Waals surface area contributed by atoms with Crippen molar-refractivity contribution in [3.05, 3.63) is 87.4 Å². The predicted molar refractivity (Wildman–Crippen MR) is 145 cm³/mol. The summed E-state index contributed by atoms with van der Waals surface area (Å²) < 4.78 is 6.22. The van der Waals surface area contributed by atoms with Crippen LogP contribution < -0.4 is 44.3 Å². The van der Waals surface area contributed by atoms with Crippen LogP contribution in [0.1, 0.15) is 53.4 Å². The first-order valence-electron chi connectivity index (χ1n) is 12.3. The van der Waals surface area contributed by atoms with Gasteiger partial charge in [-0.25, -0.2) is 4.98 Å². The van der Waals surface area contributed by atoms with Gasteiger partial charge in [0.05, 0.1) is 24.3 Å². The molecular weight excluding hydrogens is 511 g/mol. The SMILES string of the molecule is C[C@H]1CC[C@H](Oc2ccc(-c3csc(N(Cc4cccs4)Cc4ccccc4C(=O)[O-])n3)cc2)CC1.[Na+]. The number of carboxylic acids is 1. The summed E-state index contributed by atoms with van der Waals surface area (Å²) in [6, 6.07) is 19.3. The number of hydrogen-bond acceptors (Lipinski definition) is 7. The van der Waals surface area contributed by atoms with Gasteiger partial charge in [0.15, 0.2) is 5.13 Å². The Balaban J connectivity index is 0.00000320. The van der Waals surface area contributed by atoms with Crippen molar-refractivity contribution in [1.82, 2.24) is 4.98 Å². The molecule has 4 aromatic rings. The van der Waals surface area contributed by atoms with E-state index in [-0.39, 0.29) is 35.1 Å². The topological polar surface area (TPSA) is 65.5 Å². The van der Waals surface area contributed by atoms with E-state index < -0.39 is 5.97 Å². The summed E-state index contributed by atoms with van der Waals surface area (Å²) >= 11 is 3.24. The zero-order valence-corrected chi connectivity index (χ0v) is 24.9. The van der Waals surface area contributed by atoms with E-state index >= 15 is 0 Å². The molecule has 2 aromatic heterocycles. The third-order valence-corrected chi connectivity index (χ3v) is 8.47. The van der Waals surface area contributed by atoms with Gasteiger partial charge >= 0.3 is 29.6 Å². The van der Waals surface area contributed by atoms with Crippen molar-refractivity contribution in [2.45, 2.75) is 51.8 Å². The molecule has 0 saturated heterocycles. The number of thiazole rings is 1. The number of benzene rings is 2. The normalized spacial score (nSPS) is 17.1. The number of aromatic nitrogens is 1. The van der Waals surface area contributed by atoms with E-state index in [1.54, 1.807) is 34.8 Å². The smallest absolute Gasteiger partial charge is 0.545 e. The monoisotopic (exact) mass is 540 g/mol. The molecule has 5 rings (SSSR count). The van der Waals surface area contributed by atoms with Crippen LogP contribution in [-0.4, -0.2) is 17.1 Å². The van der Waals surface area contributed by atoms with Crippen LogP contribution in [0.4, 0.5) is 5.13 Å². The first-order chi connectivity index (χ1) is 17.5. The zero-order valence-electron chi connectivity index (χ0n) is 21.3. The molecule has 1 fully saturated rings. The predicted octanol–water partition coefficient (Wildman–Crippen LogP) is 3.40. The number of anilines is 1. The number of aromatic carboxylic acids is 1. The van der Waals surface area contributed by atoms with Crippen molar-refractivity contribution in [2.75, 3.05) is 4.90 Å². The Morgan fingerprint density at radius 3 is 2.46 bits per heavy atom. The standard InChI is InChI=1S/C29H30N2O3S2.Na/c1-20-8-12-23(13-9-20)34-24-14-10-21(11-15-24)27-19-36-29(30-27)31(18-25-6-4-16-35-25)17-22-5-2-3-7-26(22)28(32)33;/h2-7,10-11,14-16,19-20,23H,8-9,12-13,17-18H2,1H3,(H,32,33);/q;+1/p-1/t20-,23-;. The van der Waals surface area contributed by atoms with E-state index in [1.165, 1.54) is 17.7 Å². The van der Waals surface area contributed by atoms with Gasteiger partial charge in [-0.05, 0) is 72.9 Å². The number of nitrogens with zero attached hydrogens (tertiary/aromatic N) is 2. The number of carbonyl (C=O) groups is 1. The number of thiophene rings is 1. The molecule has 186 valence electrons. The second kappa shape index (κ2) is 13.1. The van der Waals surface area contributed by atoms with Gasteiger partial charge in [0.1, 0.15) is 5.75 Å². The fourth-order valence-electron chi connectivity index (χ4n) is 4.63. The maximum Gasteiger partial charge on any atom is 1.00 e. The molecule has 1 aliphatic carbocycles. The van der Waals surface area contributed by atoms with E-state index in [0.717, 1.165) is 40.9 Å². The van der Waals surface area contributed by atoms with E-state index in [1.807, 2.05) is 35.7 Å². The van der Waals surface area contributed by atoms with Crippen LogP contribution in [0.15, 0.2) is 71.4 Å². The maximum atomic E-state index is 11.7. The van der Waals surface area contributed by atoms with Gasteiger partial charge in [-0.1, -0.05) is 37.3 Å².